The van der Waals surface area contributed by atoms with Gasteiger partial charge < -0.3 is 10.6 Å². The minimum atomic E-state index is 0.562. The molecule has 122 valence electrons. The van der Waals surface area contributed by atoms with E-state index < -0.39 is 0 Å². The highest BCUT2D eigenvalue weighted by Crippen LogP contribution is 2.39. The van der Waals surface area contributed by atoms with Crippen molar-refractivity contribution in [3.05, 3.63) is 53.3 Å². The van der Waals surface area contributed by atoms with E-state index in [-0.39, 0.29) is 0 Å². The predicted octanol–water partition coefficient (Wildman–Crippen LogP) is 4.18. The van der Waals surface area contributed by atoms with Crippen LogP contribution < -0.4 is 10.6 Å². The Hall–Kier alpha value is -2.89. The largest absolute Gasteiger partial charge is 0.325 e. The van der Waals surface area contributed by atoms with Crippen LogP contribution in [0.4, 0.5) is 23.3 Å². The summed E-state index contributed by atoms with van der Waals surface area (Å²) in [5.74, 6) is 2.77. The van der Waals surface area contributed by atoms with Crippen LogP contribution in [-0.2, 0) is 0 Å². The molecule has 1 saturated carbocycles. The summed E-state index contributed by atoms with van der Waals surface area (Å²) in [4.78, 5) is 8.80. The normalized spacial score (nSPS) is 13.8. The number of aromatic nitrogens is 4. The molecule has 0 spiro atoms. The molecule has 3 N–H and O–H groups in total. The van der Waals surface area contributed by atoms with Crippen LogP contribution in [0.15, 0.2) is 36.5 Å². The summed E-state index contributed by atoms with van der Waals surface area (Å²) in [5.41, 5.74) is 4.52. The molecule has 0 radical (unpaired) electrons. The van der Waals surface area contributed by atoms with Crippen LogP contribution in [0.1, 0.15) is 35.6 Å². The Balaban J connectivity index is 1.50. The highest BCUT2D eigenvalue weighted by Gasteiger charge is 2.26. The molecule has 2 aromatic heterocycles. The second kappa shape index (κ2) is 5.96. The van der Waals surface area contributed by atoms with Crippen LogP contribution >= 0.6 is 0 Å². The quantitative estimate of drug-likeness (QED) is 0.657. The van der Waals surface area contributed by atoms with Gasteiger partial charge in [-0.3, -0.25) is 5.10 Å². The zero-order valence-electron chi connectivity index (χ0n) is 13.8. The molecule has 2 heterocycles. The molecule has 4 rings (SSSR count). The number of aromatic amines is 1. The van der Waals surface area contributed by atoms with Crippen molar-refractivity contribution in [2.24, 2.45) is 0 Å². The maximum atomic E-state index is 4.51. The van der Waals surface area contributed by atoms with Gasteiger partial charge in [-0.1, -0.05) is 6.07 Å². The minimum absolute atomic E-state index is 0.562. The Bertz CT molecular complexity index is 845. The third-order valence-corrected chi connectivity index (χ3v) is 3.99. The summed E-state index contributed by atoms with van der Waals surface area (Å²) in [6.07, 6.45) is 4.21. The summed E-state index contributed by atoms with van der Waals surface area (Å²) in [6, 6.07) is 10.2. The van der Waals surface area contributed by atoms with Gasteiger partial charge in [0.15, 0.2) is 0 Å². The molecular weight excluding hydrogens is 300 g/mol. The van der Waals surface area contributed by atoms with Gasteiger partial charge >= 0.3 is 0 Å². The summed E-state index contributed by atoms with van der Waals surface area (Å²) >= 11 is 0. The number of nitrogens with one attached hydrogen (secondary N) is 3. The van der Waals surface area contributed by atoms with E-state index in [4.69, 9.17) is 0 Å². The summed E-state index contributed by atoms with van der Waals surface area (Å²) in [5, 5.41) is 13.9. The molecule has 1 aliphatic carbocycles. The van der Waals surface area contributed by atoms with Crippen molar-refractivity contribution < 1.29 is 0 Å². The van der Waals surface area contributed by atoms with Gasteiger partial charge in [-0.2, -0.15) is 10.1 Å². The van der Waals surface area contributed by atoms with Gasteiger partial charge in [0.05, 0.1) is 5.69 Å². The van der Waals surface area contributed by atoms with Crippen molar-refractivity contribution in [3.8, 4) is 0 Å². The van der Waals surface area contributed by atoms with Crippen LogP contribution in [0.2, 0.25) is 0 Å². The fraction of sp³-hybridized carbons (Fsp3) is 0.278. The number of H-pyrrole nitrogens is 1. The predicted molar refractivity (Wildman–Crippen MR) is 95.1 cm³/mol. The van der Waals surface area contributed by atoms with Crippen molar-refractivity contribution >= 4 is 23.3 Å². The van der Waals surface area contributed by atoms with Gasteiger partial charge in [0.25, 0.3) is 0 Å². The lowest BCUT2D eigenvalue weighted by Crippen LogP contribution is -2.01. The Morgan fingerprint density at radius 1 is 1.04 bits per heavy atom. The van der Waals surface area contributed by atoms with E-state index >= 15 is 0 Å². The van der Waals surface area contributed by atoms with Crippen LogP contribution in [0, 0.1) is 13.8 Å². The molecule has 1 aromatic carbocycles. The lowest BCUT2D eigenvalue weighted by Gasteiger charge is -2.08. The number of rotatable bonds is 5. The number of aryl methyl sites for hydroxylation is 2. The average Bonchev–Trinajstić information content (AvgIpc) is 3.27. The Labute approximate surface area is 140 Å². The molecule has 24 heavy (non-hydrogen) atoms. The highest BCUT2D eigenvalue weighted by molar-refractivity contribution is 5.59. The fourth-order valence-corrected chi connectivity index (χ4v) is 2.79. The van der Waals surface area contributed by atoms with E-state index in [9.17, 15) is 0 Å². The van der Waals surface area contributed by atoms with Crippen molar-refractivity contribution in [1.29, 1.82) is 0 Å². The van der Waals surface area contributed by atoms with E-state index in [2.05, 4.69) is 68.9 Å². The van der Waals surface area contributed by atoms with E-state index in [1.54, 1.807) is 6.20 Å². The van der Waals surface area contributed by atoms with Crippen LogP contribution in [-0.4, -0.2) is 20.2 Å². The molecule has 1 aliphatic rings. The first-order valence-electron chi connectivity index (χ1n) is 8.16. The summed E-state index contributed by atoms with van der Waals surface area (Å²) < 4.78 is 0. The second-order valence-corrected chi connectivity index (χ2v) is 6.37. The summed E-state index contributed by atoms with van der Waals surface area (Å²) in [6.45, 7) is 4.15. The minimum Gasteiger partial charge on any atom is -0.325 e. The number of benzene rings is 1. The number of hydrogen-bond acceptors (Lipinski definition) is 5. The van der Waals surface area contributed by atoms with Gasteiger partial charge in [0.1, 0.15) is 11.6 Å². The molecule has 0 unspecified atom stereocenters. The molecule has 3 aromatic rings. The van der Waals surface area contributed by atoms with Crippen molar-refractivity contribution in [3.63, 3.8) is 0 Å². The smallest absolute Gasteiger partial charge is 0.229 e. The van der Waals surface area contributed by atoms with Gasteiger partial charge in [-0.15, -0.1) is 0 Å². The van der Waals surface area contributed by atoms with Crippen molar-refractivity contribution in [2.45, 2.75) is 32.6 Å². The lowest BCUT2D eigenvalue weighted by atomic mass is 10.1. The molecule has 0 atom stereocenters. The first kappa shape index (κ1) is 14.7. The Kier molecular flexibility index (Phi) is 3.65. The molecular formula is C18H20N6. The second-order valence-electron chi connectivity index (χ2n) is 6.37. The first-order valence-corrected chi connectivity index (χ1v) is 8.16. The van der Waals surface area contributed by atoms with Gasteiger partial charge in [0, 0.05) is 23.9 Å². The van der Waals surface area contributed by atoms with Gasteiger partial charge in [-0.05, 0) is 56.0 Å². The van der Waals surface area contributed by atoms with Crippen molar-refractivity contribution in [1.82, 2.24) is 20.2 Å². The van der Waals surface area contributed by atoms with Crippen LogP contribution in [0.3, 0.4) is 0 Å². The zero-order valence-corrected chi connectivity index (χ0v) is 13.8. The third-order valence-electron chi connectivity index (χ3n) is 3.99. The summed E-state index contributed by atoms with van der Waals surface area (Å²) in [7, 11) is 0. The van der Waals surface area contributed by atoms with E-state index in [1.807, 2.05) is 6.07 Å². The molecule has 6 nitrogen and oxygen atoms in total. The number of hydrogen-bond donors (Lipinski definition) is 3. The molecule has 0 bridgehead atoms. The maximum Gasteiger partial charge on any atom is 0.229 e. The fourth-order valence-electron chi connectivity index (χ4n) is 2.79. The van der Waals surface area contributed by atoms with Gasteiger partial charge in [-0.25, -0.2) is 4.98 Å². The SMILES string of the molecule is Cc1cc(C)cc(Nc2nccc(Nc3cc(C4CC4)n[nH]3)n2)c1. The van der Waals surface area contributed by atoms with Crippen molar-refractivity contribution in [2.75, 3.05) is 10.6 Å². The number of anilines is 4. The molecule has 0 saturated heterocycles. The molecule has 0 aliphatic heterocycles. The Morgan fingerprint density at radius 3 is 2.58 bits per heavy atom. The standard InChI is InChI=1S/C18H20N6/c1-11-7-12(2)9-14(8-11)20-18-19-6-5-16(22-18)21-17-10-15(23-24-17)13-3-4-13/h5-10,13H,3-4H2,1-2H3,(H3,19,20,21,22,23,24). The molecule has 0 amide bonds. The third kappa shape index (κ3) is 3.37. The van der Waals surface area contributed by atoms with Crippen LogP contribution in [0.25, 0.3) is 0 Å². The van der Waals surface area contributed by atoms with E-state index in [0.717, 1.165) is 23.0 Å². The molecule has 6 heteroatoms. The Morgan fingerprint density at radius 2 is 1.83 bits per heavy atom. The van der Waals surface area contributed by atoms with E-state index in [1.165, 1.54) is 24.0 Å². The average molecular weight is 320 g/mol. The number of nitrogens with zero attached hydrogens (tertiary/aromatic N) is 3. The maximum absolute atomic E-state index is 4.51. The van der Waals surface area contributed by atoms with Gasteiger partial charge in [0.2, 0.25) is 5.95 Å². The molecule has 1 fully saturated rings. The first-order chi connectivity index (χ1) is 11.7. The van der Waals surface area contributed by atoms with Crippen LogP contribution in [0.5, 0.6) is 0 Å². The topological polar surface area (TPSA) is 78.5 Å². The van der Waals surface area contributed by atoms with E-state index in [0.29, 0.717) is 11.9 Å². The monoisotopic (exact) mass is 320 g/mol. The highest BCUT2D eigenvalue weighted by atomic mass is 15.2. The zero-order chi connectivity index (χ0) is 16.5. The lowest BCUT2D eigenvalue weighted by molar-refractivity contribution is 0.966.